The number of benzene rings is 2. The second-order valence-electron chi connectivity index (χ2n) is 5.47. The summed E-state index contributed by atoms with van der Waals surface area (Å²) in [6.07, 6.45) is 1.88. The standard InChI is InChI=1S/C18H18N2O2/c1-2-6-15(18-19-10-11-20-18)13(4-1)8-9-14-5-3-7-16-17(14)22-12-21-16/h1-7H,8-12H2,(H,19,20). The fourth-order valence-electron chi connectivity index (χ4n) is 3.00. The average Bonchev–Trinajstić information content (AvgIpc) is 3.24. The molecule has 0 bridgehead atoms. The van der Waals surface area contributed by atoms with Crippen LogP contribution >= 0.6 is 0 Å². The molecule has 0 atom stereocenters. The van der Waals surface area contributed by atoms with Crippen LogP contribution in [0.15, 0.2) is 47.5 Å². The summed E-state index contributed by atoms with van der Waals surface area (Å²) in [4.78, 5) is 4.54. The van der Waals surface area contributed by atoms with Gasteiger partial charge >= 0.3 is 0 Å². The van der Waals surface area contributed by atoms with Gasteiger partial charge in [0.05, 0.1) is 6.54 Å². The maximum Gasteiger partial charge on any atom is 0.231 e. The summed E-state index contributed by atoms with van der Waals surface area (Å²) in [6, 6.07) is 14.6. The van der Waals surface area contributed by atoms with Crippen molar-refractivity contribution in [1.82, 2.24) is 5.32 Å². The van der Waals surface area contributed by atoms with E-state index < -0.39 is 0 Å². The topological polar surface area (TPSA) is 42.9 Å². The van der Waals surface area contributed by atoms with E-state index in [0.717, 1.165) is 43.3 Å². The van der Waals surface area contributed by atoms with Crippen molar-refractivity contribution in [2.45, 2.75) is 12.8 Å². The minimum atomic E-state index is 0.323. The van der Waals surface area contributed by atoms with Crippen LogP contribution in [-0.2, 0) is 12.8 Å². The van der Waals surface area contributed by atoms with E-state index in [4.69, 9.17) is 9.47 Å². The van der Waals surface area contributed by atoms with E-state index in [1.54, 1.807) is 0 Å². The Labute approximate surface area is 129 Å². The molecule has 2 aliphatic heterocycles. The highest BCUT2D eigenvalue weighted by atomic mass is 16.7. The van der Waals surface area contributed by atoms with Gasteiger partial charge in [0.25, 0.3) is 0 Å². The monoisotopic (exact) mass is 294 g/mol. The van der Waals surface area contributed by atoms with Crippen molar-refractivity contribution in [2.24, 2.45) is 4.99 Å². The van der Waals surface area contributed by atoms with E-state index in [1.807, 2.05) is 12.1 Å². The number of ether oxygens (including phenoxy) is 2. The molecule has 0 aliphatic carbocycles. The van der Waals surface area contributed by atoms with E-state index in [2.05, 4.69) is 40.6 Å². The molecule has 2 aromatic rings. The third-order valence-electron chi connectivity index (χ3n) is 4.09. The summed E-state index contributed by atoms with van der Waals surface area (Å²) in [6.45, 7) is 2.12. The van der Waals surface area contributed by atoms with Crippen LogP contribution in [0.3, 0.4) is 0 Å². The minimum Gasteiger partial charge on any atom is -0.454 e. The third kappa shape index (κ3) is 2.41. The second-order valence-corrected chi connectivity index (χ2v) is 5.47. The molecule has 112 valence electrons. The van der Waals surface area contributed by atoms with Crippen molar-refractivity contribution in [2.75, 3.05) is 19.9 Å². The van der Waals surface area contributed by atoms with Gasteiger partial charge in [0.15, 0.2) is 11.5 Å². The number of nitrogens with zero attached hydrogens (tertiary/aromatic N) is 1. The van der Waals surface area contributed by atoms with Crippen LogP contribution in [0.5, 0.6) is 11.5 Å². The number of para-hydroxylation sites is 1. The van der Waals surface area contributed by atoms with Crippen molar-refractivity contribution in [3.63, 3.8) is 0 Å². The number of aliphatic imine (C=N–C) groups is 1. The van der Waals surface area contributed by atoms with Gasteiger partial charge in [0.2, 0.25) is 6.79 Å². The zero-order valence-corrected chi connectivity index (χ0v) is 12.3. The van der Waals surface area contributed by atoms with Crippen LogP contribution in [0.2, 0.25) is 0 Å². The largest absolute Gasteiger partial charge is 0.454 e. The van der Waals surface area contributed by atoms with Gasteiger partial charge in [-0.3, -0.25) is 4.99 Å². The first kappa shape index (κ1) is 13.2. The smallest absolute Gasteiger partial charge is 0.231 e. The van der Waals surface area contributed by atoms with Crippen LogP contribution < -0.4 is 14.8 Å². The fourth-order valence-corrected chi connectivity index (χ4v) is 3.00. The van der Waals surface area contributed by atoms with E-state index in [-0.39, 0.29) is 0 Å². The Bertz CT molecular complexity index is 725. The predicted octanol–water partition coefficient (Wildman–Crippen LogP) is 2.55. The van der Waals surface area contributed by atoms with Crippen molar-refractivity contribution in [3.8, 4) is 11.5 Å². The highest BCUT2D eigenvalue weighted by Crippen LogP contribution is 2.36. The first-order valence-corrected chi connectivity index (χ1v) is 7.66. The molecule has 1 N–H and O–H groups in total. The lowest BCUT2D eigenvalue weighted by molar-refractivity contribution is 0.173. The SMILES string of the molecule is c1ccc(C2=NCCN2)c(CCc2cccc3c2OCO3)c1. The molecule has 4 nitrogen and oxygen atoms in total. The Kier molecular flexibility index (Phi) is 3.43. The molecule has 4 heteroatoms. The van der Waals surface area contributed by atoms with Gasteiger partial charge in [-0.25, -0.2) is 0 Å². The van der Waals surface area contributed by atoms with Gasteiger partial charge in [0.1, 0.15) is 5.84 Å². The Balaban J connectivity index is 1.57. The predicted molar refractivity (Wildman–Crippen MR) is 85.8 cm³/mol. The number of amidine groups is 1. The summed E-state index contributed by atoms with van der Waals surface area (Å²) in [5.41, 5.74) is 3.73. The minimum absolute atomic E-state index is 0.323. The summed E-state index contributed by atoms with van der Waals surface area (Å²) in [5, 5.41) is 3.36. The molecule has 0 aromatic heterocycles. The average molecular weight is 294 g/mol. The van der Waals surface area contributed by atoms with Gasteiger partial charge in [-0.05, 0) is 30.0 Å². The Morgan fingerprint density at radius 2 is 1.82 bits per heavy atom. The van der Waals surface area contributed by atoms with Crippen LogP contribution in [0.4, 0.5) is 0 Å². The molecule has 0 amide bonds. The fraction of sp³-hybridized carbons (Fsp3) is 0.278. The highest BCUT2D eigenvalue weighted by Gasteiger charge is 2.18. The van der Waals surface area contributed by atoms with Crippen molar-refractivity contribution in [3.05, 3.63) is 59.2 Å². The highest BCUT2D eigenvalue weighted by molar-refractivity contribution is 6.01. The number of rotatable bonds is 4. The Morgan fingerprint density at radius 3 is 2.73 bits per heavy atom. The molecule has 4 rings (SSSR count). The number of hydrogen-bond acceptors (Lipinski definition) is 4. The third-order valence-corrected chi connectivity index (χ3v) is 4.09. The van der Waals surface area contributed by atoms with Gasteiger partial charge < -0.3 is 14.8 Å². The van der Waals surface area contributed by atoms with Gasteiger partial charge in [0, 0.05) is 12.1 Å². The molecular formula is C18H18N2O2. The number of fused-ring (bicyclic) bond motifs is 1. The summed E-state index contributed by atoms with van der Waals surface area (Å²) >= 11 is 0. The van der Waals surface area contributed by atoms with Gasteiger partial charge in [-0.15, -0.1) is 0 Å². The van der Waals surface area contributed by atoms with Crippen molar-refractivity contribution >= 4 is 5.84 Å². The normalized spacial score (nSPS) is 15.5. The zero-order valence-electron chi connectivity index (χ0n) is 12.3. The van der Waals surface area contributed by atoms with E-state index in [0.29, 0.717) is 6.79 Å². The first-order chi connectivity index (χ1) is 10.9. The van der Waals surface area contributed by atoms with E-state index in [9.17, 15) is 0 Å². The molecule has 2 aliphatic rings. The number of hydrogen-bond donors (Lipinski definition) is 1. The van der Waals surface area contributed by atoms with Crippen molar-refractivity contribution in [1.29, 1.82) is 0 Å². The lowest BCUT2D eigenvalue weighted by Crippen LogP contribution is -2.21. The van der Waals surface area contributed by atoms with Crippen molar-refractivity contribution < 1.29 is 9.47 Å². The van der Waals surface area contributed by atoms with Gasteiger partial charge in [-0.2, -0.15) is 0 Å². The maximum absolute atomic E-state index is 5.59. The first-order valence-electron chi connectivity index (χ1n) is 7.66. The second kappa shape index (κ2) is 5.72. The van der Waals surface area contributed by atoms with Crippen LogP contribution in [0, 0.1) is 0 Å². The molecule has 0 radical (unpaired) electrons. The molecule has 22 heavy (non-hydrogen) atoms. The van der Waals surface area contributed by atoms with Gasteiger partial charge in [-0.1, -0.05) is 36.4 Å². The molecule has 2 heterocycles. The lowest BCUT2D eigenvalue weighted by atomic mass is 9.98. The number of aryl methyl sites for hydroxylation is 2. The Hall–Kier alpha value is -2.49. The van der Waals surface area contributed by atoms with E-state index in [1.165, 1.54) is 16.7 Å². The quantitative estimate of drug-likeness (QED) is 0.942. The molecule has 0 saturated heterocycles. The molecule has 0 unspecified atom stereocenters. The summed E-state index contributed by atoms with van der Waals surface area (Å²) < 4.78 is 11.0. The molecular weight excluding hydrogens is 276 g/mol. The van der Waals surface area contributed by atoms with Crippen LogP contribution in [-0.4, -0.2) is 25.7 Å². The Morgan fingerprint density at radius 1 is 0.955 bits per heavy atom. The molecule has 0 fully saturated rings. The molecule has 2 aromatic carbocycles. The summed E-state index contributed by atoms with van der Waals surface area (Å²) in [5.74, 6) is 2.78. The lowest BCUT2D eigenvalue weighted by Gasteiger charge is -2.11. The summed E-state index contributed by atoms with van der Waals surface area (Å²) in [7, 11) is 0. The molecule has 0 saturated carbocycles. The van der Waals surface area contributed by atoms with Crippen LogP contribution in [0.25, 0.3) is 0 Å². The molecule has 0 spiro atoms. The maximum atomic E-state index is 5.59. The van der Waals surface area contributed by atoms with E-state index >= 15 is 0 Å². The van der Waals surface area contributed by atoms with Crippen LogP contribution in [0.1, 0.15) is 16.7 Å². The zero-order chi connectivity index (χ0) is 14.8. The number of nitrogens with one attached hydrogen (secondary N) is 1.